The van der Waals surface area contributed by atoms with E-state index in [-0.39, 0.29) is 40.4 Å². The molecule has 1 fully saturated rings. The fourth-order valence-corrected chi connectivity index (χ4v) is 4.06. The summed E-state index contributed by atoms with van der Waals surface area (Å²) in [7, 11) is 1.80. The van der Waals surface area contributed by atoms with Crippen LogP contribution in [0.4, 0.5) is 42.0 Å². The van der Waals surface area contributed by atoms with Gasteiger partial charge in [-0.25, -0.2) is 9.97 Å². The molecule has 1 saturated heterocycles. The zero-order valence-corrected chi connectivity index (χ0v) is 20.4. The number of nitrogens with two attached hydrogens (primary N) is 1. The lowest BCUT2D eigenvalue weighted by atomic mass is 10.0. The zero-order chi connectivity index (χ0) is 27.4. The molecule has 0 unspecified atom stereocenters. The molecule has 0 spiro atoms. The van der Waals surface area contributed by atoms with Gasteiger partial charge in [-0.05, 0) is 37.4 Å². The number of benzene rings is 1. The van der Waals surface area contributed by atoms with Gasteiger partial charge in [-0.1, -0.05) is 18.2 Å². The number of carbonyl (C=O) groups excluding carboxylic acids is 1. The molecule has 5 N–H and O–H groups in total. The number of nitrogens with zero attached hydrogens (tertiary/aromatic N) is 5. The first-order valence-corrected chi connectivity index (χ1v) is 11.6. The second-order valence-electron chi connectivity index (χ2n) is 8.62. The topological polar surface area (TPSA) is 146 Å². The number of likely N-dealkylation sites (N-methyl/N-ethyl adjacent to an activating group) is 1. The maximum Gasteiger partial charge on any atom is 0.417 e. The predicted octanol–water partition coefficient (Wildman–Crippen LogP) is 3.24. The van der Waals surface area contributed by atoms with E-state index in [0.717, 1.165) is 6.07 Å². The van der Waals surface area contributed by atoms with Crippen molar-refractivity contribution < 1.29 is 23.2 Å². The monoisotopic (exact) mass is 531 g/mol. The molecule has 3 heterocycles. The van der Waals surface area contributed by atoms with E-state index < -0.39 is 11.7 Å². The van der Waals surface area contributed by atoms with Crippen molar-refractivity contribution in [2.75, 3.05) is 66.3 Å². The third kappa shape index (κ3) is 6.04. The lowest BCUT2D eigenvalue weighted by Crippen LogP contribution is -2.49. The van der Waals surface area contributed by atoms with Gasteiger partial charge in [0.2, 0.25) is 5.91 Å². The summed E-state index contributed by atoms with van der Waals surface area (Å²) in [6, 6.07) is 11.1. The second kappa shape index (κ2) is 11.1. The van der Waals surface area contributed by atoms with Crippen molar-refractivity contribution in [3.63, 3.8) is 0 Å². The Bertz CT molecular complexity index is 1310. The van der Waals surface area contributed by atoms with Gasteiger partial charge in [-0.3, -0.25) is 14.9 Å². The summed E-state index contributed by atoms with van der Waals surface area (Å²) in [5, 5.41) is 25.6. The van der Waals surface area contributed by atoms with Gasteiger partial charge in [0.05, 0.1) is 29.2 Å². The van der Waals surface area contributed by atoms with Gasteiger partial charge in [0, 0.05) is 31.7 Å². The highest BCUT2D eigenvalue weighted by Crippen LogP contribution is 2.40. The highest BCUT2D eigenvalue weighted by molar-refractivity contribution is 5.99. The average molecular weight is 532 g/mol. The summed E-state index contributed by atoms with van der Waals surface area (Å²) >= 11 is 0. The Balaban J connectivity index is 1.57. The van der Waals surface area contributed by atoms with Crippen LogP contribution < -0.4 is 26.5 Å². The fraction of sp³-hybridized carbons (Fsp3) is 0.292. The molecule has 1 aliphatic rings. The summed E-state index contributed by atoms with van der Waals surface area (Å²) in [6.07, 6.45) is -4.61. The number of halogens is 3. The van der Waals surface area contributed by atoms with E-state index in [0.29, 0.717) is 43.5 Å². The van der Waals surface area contributed by atoms with Crippen LogP contribution in [0.3, 0.4) is 0 Å². The molecule has 3 aromatic rings. The maximum atomic E-state index is 13.9. The number of nitrogens with one attached hydrogen (secondary N) is 2. The van der Waals surface area contributed by atoms with Crippen LogP contribution in [0.1, 0.15) is 5.56 Å². The highest BCUT2D eigenvalue weighted by atomic mass is 19.4. The van der Waals surface area contributed by atoms with Crippen LogP contribution in [0, 0.1) is 5.21 Å². The first-order valence-electron chi connectivity index (χ1n) is 11.6. The minimum atomic E-state index is -4.61. The Kier molecular flexibility index (Phi) is 7.85. The summed E-state index contributed by atoms with van der Waals surface area (Å²) in [6.45, 7) is 1.67. The highest BCUT2D eigenvalue weighted by Gasteiger charge is 2.35. The number of aromatic nitrogens is 2. The Hall–Kier alpha value is -4.14. The molecule has 14 heteroatoms. The number of alkyl halides is 3. The third-order valence-electron chi connectivity index (χ3n) is 5.91. The van der Waals surface area contributed by atoms with Crippen LogP contribution in [-0.2, 0) is 11.0 Å². The summed E-state index contributed by atoms with van der Waals surface area (Å²) in [5.41, 5.74) is 4.82. The standard InChI is InChI=1S/C24H26F3N8O3/c1-33-12-13-34(21(36)14-33)17-6-8-19(31-22(17)15-4-2-3-5-16(15)24(25,26)27)29-10-11-30-20-9-7-18(35(37)38)23(28)32-20/h2-9,37H,10-14H2,1H3,(H,29,31)(H3,28,30,32)/q-1. The van der Waals surface area contributed by atoms with E-state index in [1.807, 2.05) is 4.90 Å². The molecule has 0 aliphatic carbocycles. The minimum Gasteiger partial charge on any atom is -0.733 e. The molecule has 38 heavy (non-hydrogen) atoms. The molecular weight excluding hydrogens is 505 g/mol. The second-order valence-corrected chi connectivity index (χ2v) is 8.62. The van der Waals surface area contributed by atoms with Crippen molar-refractivity contribution in [3.05, 3.63) is 59.3 Å². The first kappa shape index (κ1) is 26.9. The molecular formula is C24H26F3N8O3-. The van der Waals surface area contributed by atoms with Crippen molar-refractivity contribution in [1.82, 2.24) is 14.9 Å². The van der Waals surface area contributed by atoms with Crippen LogP contribution >= 0.6 is 0 Å². The Morgan fingerprint density at radius 1 is 1.05 bits per heavy atom. The van der Waals surface area contributed by atoms with Gasteiger partial charge < -0.3 is 31.7 Å². The number of piperazine rings is 1. The number of carbonyl (C=O) groups is 1. The van der Waals surface area contributed by atoms with Crippen molar-refractivity contribution in [2.24, 2.45) is 0 Å². The van der Waals surface area contributed by atoms with E-state index in [2.05, 4.69) is 20.6 Å². The molecule has 1 aromatic carbocycles. The number of pyridine rings is 2. The third-order valence-corrected chi connectivity index (χ3v) is 5.91. The molecule has 202 valence electrons. The van der Waals surface area contributed by atoms with Crippen molar-refractivity contribution in [2.45, 2.75) is 6.18 Å². The summed E-state index contributed by atoms with van der Waals surface area (Å²) in [4.78, 5) is 24.5. The Morgan fingerprint density at radius 3 is 2.34 bits per heavy atom. The largest absolute Gasteiger partial charge is 0.733 e. The number of hydrogen-bond acceptors (Lipinski definition) is 10. The van der Waals surface area contributed by atoms with Crippen molar-refractivity contribution >= 4 is 34.7 Å². The Morgan fingerprint density at radius 2 is 1.71 bits per heavy atom. The number of amides is 1. The van der Waals surface area contributed by atoms with E-state index in [1.54, 1.807) is 19.2 Å². The number of anilines is 5. The van der Waals surface area contributed by atoms with Crippen LogP contribution in [-0.4, -0.2) is 65.8 Å². The van der Waals surface area contributed by atoms with Crippen LogP contribution in [0.2, 0.25) is 0 Å². The fourth-order valence-electron chi connectivity index (χ4n) is 4.06. The van der Waals surface area contributed by atoms with E-state index in [4.69, 9.17) is 10.9 Å². The quantitative estimate of drug-likeness (QED) is 0.252. The first-order chi connectivity index (χ1) is 18.0. The summed E-state index contributed by atoms with van der Waals surface area (Å²) in [5.74, 6) is 0.278. The molecule has 1 aliphatic heterocycles. The smallest absolute Gasteiger partial charge is 0.417 e. The summed E-state index contributed by atoms with van der Waals surface area (Å²) < 4.78 is 41.6. The molecule has 0 saturated carbocycles. The molecule has 11 nitrogen and oxygen atoms in total. The molecule has 4 rings (SSSR count). The van der Waals surface area contributed by atoms with Gasteiger partial charge >= 0.3 is 6.18 Å². The molecule has 2 aromatic heterocycles. The molecule has 0 radical (unpaired) electrons. The number of nitrogen functional groups attached to an aromatic ring is 1. The zero-order valence-electron chi connectivity index (χ0n) is 20.4. The van der Waals surface area contributed by atoms with Crippen molar-refractivity contribution in [1.29, 1.82) is 0 Å². The molecule has 0 bridgehead atoms. The average Bonchev–Trinajstić information content (AvgIpc) is 2.86. The van der Waals surface area contributed by atoms with Gasteiger partial charge in [0.1, 0.15) is 11.6 Å². The normalized spacial score (nSPS) is 14.5. The van der Waals surface area contributed by atoms with Gasteiger partial charge in [-0.15, -0.1) is 0 Å². The predicted molar refractivity (Wildman–Crippen MR) is 138 cm³/mol. The van der Waals surface area contributed by atoms with Crippen molar-refractivity contribution in [3.8, 4) is 11.3 Å². The number of rotatable bonds is 8. The minimum absolute atomic E-state index is 0.0463. The molecule has 0 atom stereocenters. The van der Waals surface area contributed by atoms with E-state index in [9.17, 15) is 23.2 Å². The lowest BCUT2D eigenvalue weighted by Gasteiger charge is -2.33. The van der Waals surface area contributed by atoms with Gasteiger partial charge in [-0.2, -0.15) is 13.2 Å². The van der Waals surface area contributed by atoms with E-state index in [1.165, 1.54) is 35.2 Å². The van der Waals surface area contributed by atoms with E-state index >= 15 is 0 Å². The van der Waals surface area contributed by atoms with Gasteiger partial charge in [0.25, 0.3) is 0 Å². The number of hydrogen-bond donors (Lipinski definition) is 4. The van der Waals surface area contributed by atoms with Crippen LogP contribution in [0.25, 0.3) is 11.3 Å². The maximum absolute atomic E-state index is 13.9. The van der Waals surface area contributed by atoms with Gasteiger partial charge in [0.15, 0.2) is 5.82 Å². The van der Waals surface area contributed by atoms with Crippen LogP contribution in [0.5, 0.6) is 0 Å². The van der Waals surface area contributed by atoms with Crippen LogP contribution in [0.15, 0.2) is 48.5 Å². The lowest BCUT2D eigenvalue weighted by molar-refractivity contribution is -0.137. The molecule has 1 amide bonds. The SMILES string of the molecule is CN1CCN(c2ccc(NCCNc3ccc(N([O-])O)c(N)n3)nc2-c2ccccc2C(F)(F)F)C(=O)C1. The Labute approximate surface area is 216 Å².